The lowest BCUT2D eigenvalue weighted by molar-refractivity contribution is -0.659. The van der Waals surface area contributed by atoms with Gasteiger partial charge in [-0.1, -0.05) is 0 Å². The summed E-state index contributed by atoms with van der Waals surface area (Å²) in [7, 11) is 4.27. The molecule has 0 saturated heterocycles. The Bertz CT molecular complexity index is 861. The molecule has 0 spiro atoms. The molecule has 0 atom stereocenters. The van der Waals surface area contributed by atoms with Crippen LogP contribution in [-0.4, -0.2) is 16.7 Å². The van der Waals surface area contributed by atoms with Crippen LogP contribution in [-0.2, 0) is 26.9 Å². The number of nitrogens with zero attached hydrogens (tertiary/aromatic N) is 4. The SMILES string of the molecule is C[n+]1cccc2c1B1c3c(ccnc3C2)Cc2ncc[n+](C)c21. The summed E-state index contributed by atoms with van der Waals surface area (Å²) in [4.78, 5) is 9.39. The van der Waals surface area contributed by atoms with Crippen molar-refractivity contribution in [2.24, 2.45) is 14.1 Å². The van der Waals surface area contributed by atoms with Crippen molar-refractivity contribution in [3.8, 4) is 0 Å². The van der Waals surface area contributed by atoms with Crippen molar-refractivity contribution in [1.29, 1.82) is 0 Å². The number of fused-ring (bicyclic) bond motifs is 4. The fourth-order valence-corrected chi connectivity index (χ4v) is 4.27. The Morgan fingerprint density at radius 2 is 1.65 bits per heavy atom. The zero-order valence-corrected chi connectivity index (χ0v) is 13.3. The summed E-state index contributed by atoms with van der Waals surface area (Å²) in [6, 6.07) is 6.52. The Kier molecular flexibility index (Phi) is 2.52. The van der Waals surface area contributed by atoms with Gasteiger partial charge in [0.25, 0.3) is 0 Å². The highest BCUT2D eigenvalue weighted by atomic mass is 15.0. The molecule has 0 unspecified atom stereocenters. The van der Waals surface area contributed by atoms with Crippen LogP contribution in [0.2, 0.25) is 0 Å². The van der Waals surface area contributed by atoms with Crippen molar-refractivity contribution in [3.05, 3.63) is 65.5 Å². The van der Waals surface area contributed by atoms with Crippen LogP contribution in [0.3, 0.4) is 0 Å². The standard InChI is InChI=1S/C18H17BN4/c1-22-8-3-4-13-11-14-16-12(5-6-20-14)10-15-18(19(16)17(13)22)23(2)9-7-21-15/h3-9H,10-11H2,1-2H3/q+2. The van der Waals surface area contributed by atoms with Crippen molar-refractivity contribution in [1.82, 2.24) is 9.97 Å². The van der Waals surface area contributed by atoms with E-state index < -0.39 is 0 Å². The lowest BCUT2D eigenvalue weighted by atomic mass is 9.34. The molecule has 0 bridgehead atoms. The normalized spacial score (nSPS) is 14.1. The zero-order chi connectivity index (χ0) is 15.6. The van der Waals surface area contributed by atoms with E-state index >= 15 is 0 Å². The van der Waals surface area contributed by atoms with E-state index in [1.165, 1.54) is 39.2 Å². The molecule has 0 fully saturated rings. The van der Waals surface area contributed by atoms with Crippen LogP contribution in [0.15, 0.2) is 43.0 Å². The van der Waals surface area contributed by atoms with Crippen molar-refractivity contribution in [3.63, 3.8) is 0 Å². The van der Waals surface area contributed by atoms with Crippen LogP contribution in [0, 0.1) is 0 Å². The van der Waals surface area contributed by atoms with Crippen LogP contribution in [0.1, 0.15) is 22.5 Å². The monoisotopic (exact) mass is 300 g/mol. The fraction of sp³-hybridized carbons (Fsp3) is 0.222. The van der Waals surface area contributed by atoms with E-state index in [9.17, 15) is 0 Å². The van der Waals surface area contributed by atoms with Gasteiger partial charge < -0.3 is 0 Å². The first-order valence-electron chi connectivity index (χ1n) is 8.01. The molecule has 5 heteroatoms. The molecular formula is C18H17BN4+2. The number of aromatic nitrogens is 4. The summed E-state index contributed by atoms with van der Waals surface area (Å²) in [5.41, 5.74) is 9.23. The largest absolute Gasteiger partial charge is 0.410 e. The molecule has 0 saturated carbocycles. The summed E-state index contributed by atoms with van der Waals surface area (Å²) < 4.78 is 4.50. The molecule has 5 rings (SSSR count). The molecule has 3 aromatic rings. The first-order valence-corrected chi connectivity index (χ1v) is 8.01. The Hall–Kier alpha value is -2.56. The van der Waals surface area contributed by atoms with E-state index in [1.807, 2.05) is 12.4 Å². The highest BCUT2D eigenvalue weighted by Gasteiger charge is 2.48. The number of aryl methyl sites for hydroxylation is 2. The topological polar surface area (TPSA) is 33.5 Å². The summed E-state index contributed by atoms with van der Waals surface area (Å²) in [5, 5.41) is 0. The molecule has 5 heterocycles. The summed E-state index contributed by atoms with van der Waals surface area (Å²) in [6.45, 7) is 0.228. The van der Waals surface area contributed by atoms with Crippen LogP contribution in [0.25, 0.3) is 0 Å². The van der Waals surface area contributed by atoms with Crippen molar-refractivity contribution < 1.29 is 9.13 Å². The minimum absolute atomic E-state index is 0.228. The third kappa shape index (κ3) is 1.67. The maximum Gasteiger partial charge on any atom is 0.410 e. The van der Waals surface area contributed by atoms with Crippen LogP contribution in [0.4, 0.5) is 0 Å². The average Bonchev–Trinajstić information content (AvgIpc) is 2.55. The molecule has 2 aliphatic heterocycles. The third-order valence-electron chi connectivity index (χ3n) is 5.23. The predicted molar refractivity (Wildman–Crippen MR) is 87.5 cm³/mol. The van der Waals surface area contributed by atoms with Gasteiger partial charge in [0, 0.05) is 36.4 Å². The highest BCUT2D eigenvalue weighted by Crippen LogP contribution is 2.17. The molecule has 3 aromatic heterocycles. The second kappa shape index (κ2) is 4.48. The number of hydrogen-bond acceptors (Lipinski definition) is 2. The van der Waals surface area contributed by atoms with Gasteiger partial charge in [-0.2, -0.15) is 0 Å². The zero-order valence-electron chi connectivity index (χ0n) is 13.3. The maximum absolute atomic E-state index is 4.70. The maximum atomic E-state index is 4.70. The Morgan fingerprint density at radius 3 is 2.57 bits per heavy atom. The van der Waals surface area contributed by atoms with E-state index in [0.29, 0.717) is 0 Å². The second-order valence-corrected chi connectivity index (χ2v) is 6.52. The quantitative estimate of drug-likeness (QED) is 0.256. The van der Waals surface area contributed by atoms with Gasteiger partial charge in [-0.15, -0.1) is 0 Å². The van der Waals surface area contributed by atoms with E-state index in [4.69, 9.17) is 4.98 Å². The van der Waals surface area contributed by atoms with E-state index in [-0.39, 0.29) is 6.71 Å². The molecule has 0 N–H and O–H groups in total. The summed E-state index contributed by atoms with van der Waals surface area (Å²) >= 11 is 0. The molecule has 0 aromatic carbocycles. The highest BCUT2D eigenvalue weighted by molar-refractivity contribution is 6.95. The van der Waals surface area contributed by atoms with Crippen molar-refractivity contribution in [2.45, 2.75) is 12.8 Å². The molecule has 4 nitrogen and oxygen atoms in total. The molecule has 0 amide bonds. The van der Waals surface area contributed by atoms with Gasteiger partial charge in [-0.3, -0.25) is 4.98 Å². The summed E-state index contributed by atoms with van der Waals surface area (Å²) in [6.07, 6.45) is 9.87. The van der Waals surface area contributed by atoms with Gasteiger partial charge in [-0.05, 0) is 23.2 Å². The second-order valence-electron chi connectivity index (χ2n) is 6.52. The molecular weight excluding hydrogens is 283 g/mol. The fourth-order valence-electron chi connectivity index (χ4n) is 4.27. The smallest absolute Gasteiger partial charge is 0.261 e. The van der Waals surface area contributed by atoms with Gasteiger partial charge in [0.15, 0.2) is 23.6 Å². The lowest BCUT2D eigenvalue weighted by Gasteiger charge is -2.27. The van der Waals surface area contributed by atoms with Crippen LogP contribution >= 0.6 is 0 Å². The molecule has 110 valence electrons. The molecule has 0 radical (unpaired) electrons. The lowest BCUT2D eigenvalue weighted by Crippen LogP contribution is -2.75. The number of pyridine rings is 2. The van der Waals surface area contributed by atoms with Gasteiger partial charge >= 0.3 is 6.71 Å². The average molecular weight is 300 g/mol. The number of rotatable bonds is 0. The minimum atomic E-state index is 0.228. The first kappa shape index (κ1) is 12.9. The van der Waals surface area contributed by atoms with E-state index in [0.717, 1.165) is 12.8 Å². The van der Waals surface area contributed by atoms with Gasteiger partial charge in [0.05, 0.1) is 6.20 Å². The molecule has 23 heavy (non-hydrogen) atoms. The molecule has 0 aliphatic carbocycles. The van der Waals surface area contributed by atoms with Gasteiger partial charge in [-0.25, -0.2) is 14.1 Å². The van der Waals surface area contributed by atoms with E-state index in [2.05, 4.69) is 58.8 Å². The van der Waals surface area contributed by atoms with Gasteiger partial charge in [0.2, 0.25) is 0 Å². The minimum Gasteiger partial charge on any atom is -0.261 e. The Morgan fingerprint density at radius 1 is 0.870 bits per heavy atom. The summed E-state index contributed by atoms with van der Waals surface area (Å²) in [5.74, 6) is 0. The van der Waals surface area contributed by atoms with Crippen molar-refractivity contribution in [2.75, 3.05) is 0 Å². The van der Waals surface area contributed by atoms with Crippen LogP contribution < -0.4 is 25.8 Å². The Balaban J connectivity index is 1.91. The predicted octanol–water partition coefficient (Wildman–Crippen LogP) is -1.55. The Labute approximate surface area is 135 Å². The van der Waals surface area contributed by atoms with Gasteiger partial charge in [0.1, 0.15) is 19.8 Å². The van der Waals surface area contributed by atoms with Crippen LogP contribution in [0.5, 0.6) is 0 Å². The molecule has 2 aliphatic rings. The number of hydrogen-bond donors (Lipinski definition) is 0. The third-order valence-corrected chi connectivity index (χ3v) is 5.23. The van der Waals surface area contributed by atoms with Crippen molar-refractivity contribution >= 4 is 23.4 Å². The first-order chi connectivity index (χ1) is 11.2. The van der Waals surface area contributed by atoms with E-state index in [1.54, 1.807) is 0 Å².